The fourth-order valence-corrected chi connectivity index (χ4v) is 13.6. The van der Waals surface area contributed by atoms with E-state index < -0.39 is 0 Å². The highest BCUT2D eigenvalue weighted by molar-refractivity contribution is 6.11. The molecule has 8 aromatic carbocycles. The molecular weight excluding hydrogens is 827 g/mol. The number of aromatic nitrogens is 3. The lowest BCUT2D eigenvalue weighted by Crippen LogP contribution is -2.48. The molecule has 15 rings (SSSR count). The van der Waals surface area contributed by atoms with Crippen LogP contribution < -0.4 is 0 Å². The van der Waals surface area contributed by atoms with Crippen molar-refractivity contribution in [1.82, 2.24) is 15.0 Å². The minimum atomic E-state index is -0.173. The molecule has 0 atom stereocenters. The maximum atomic E-state index is 6.39. The summed E-state index contributed by atoms with van der Waals surface area (Å²) in [7, 11) is 0. The van der Waals surface area contributed by atoms with Gasteiger partial charge in [0.05, 0.1) is 0 Å². The number of furan rings is 1. The van der Waals surface area contributed by atoms with Crippen LogP contribution in [0, 0.1) is 17.8 Å². The van der Waals surface area contributed by atoms with Crippen molar-refractivity contribution < 1.29 is 4.42 Å². The third kappa shape index (κ3) is 6.37. The summed E-state index contributed by atoms with van der Waals surface area (Å²) >= 11 is 0. The quantitative estimate of drug-likeness (QED) is 0.160. The first-order valence-electron chi connectivity index (χ1n) is 24.7. The Bertz CT molecular complexity index is 3580. The molecule has 0 amide bonds. The Morgan fingerprint density at radius 2 is 0.912 bits per heavy atom. The summed E-state index contributed by atoms with van der Waals surface area (Å²) in [6.07, 6.45) is 8.60. The van der Waals surface area contributed by atoms with E-state index in [1.165, 1.54) is 71.9 Å². The van der Waals surface area contributed by atoms with E-state index in [2.05, 4.69) is 172 Å². The summed E-state index contributed by atoms with van der Waals surface area (Å²) < 4.78 is 6.39. The van der Waals surface area contributed by atoms with Gasteiger partial charge in [0, 0.05) is 32.9 Å². The summed E-state index contributed by atoms with van der Waals surface area (Å²) in [5.41, 5.74) is 18.4. The van der Waals surface area contributed by atoms with Crippen molar-refractivity contribution in [1.29, 1.82) is 0 Å². The van der Waals surface area contributed by atoms with Gasteiger partial charge in [-0.25, -0.2) is 15.0 Å². The van der Waals surface area contributed by atoms with E-state index in [0.29, 0.717) is 22.9 Å². The first kappa shape index (κ1) is 39.7. The Labute approximate surface area is 397 Å². The van der Waals surface area contributed by atoms with Gasteiger partial charge in [-0.2, -0.15) is 0 Å². The van der Waals surface area contributed by atoms with Gasteiger partial charge in [0.1, 0.15) is 11.2 Å². The number of benzene rings is 8. The Morgan fingerprint density at radius 3 is 1.63 bits per heavy atom. The summed E-state index contributed by atoms with van der Waals surface area (Å²) in [5.74, 6) is 4.69. The molecule has 4 heteroatoms. The molecule has 0 saturated heterocycles. The van der Waals surface area contributed by atoms with Crippen LogP contribution in [0.2, 0.25) is 0 Å². The lowest BCUT2D eigenvalue weighted by molar-refractivity contribution is -0.00518. The number of hydrogen-bond donors (Lipinski definition) is 0. The zero-order chi connectivity index (χ0) is 45.1. The molecular formula is C64H51N3O. The van der Waals surface area contributed by atoms with Crippen LogP contribution in [0.15, 0.2) is 186 Å². The molecule has 2 aromatic heterocycles. The lowest BCUT2D eigenvalue weighted by atomic mass is 9.48. The van der Waals surface area contributed by atoms with E-state index in [1.54, 1.807) is 5.56 Å². The van der Waals surface area contributed by atoms with E-state index in [4.69, 9.17) is 19.4 Å². The standard InChI is InChI=1S/C64H51N3O/c1-63(2)55-16-8-6-13-51(55)52-28-25-46(35-56(52)63)60-65-61(67-62(66-60)54-15-10-18-58-59(54)53-14-7-9-17-57(53)68-58)49-33-47(42-11-4-3-5-12-42)32-48(34-49)45-21-19-43(20-22-45)44-23-26-50(27-24-44)64-36-39-29-40(37-64)31-41(30-39)38-64/h3-28,32-35,39-41H,29-31,36-38H2,1-2H3. The SMILES string of the molecule is CC1(C)c2ccccc2-c2ccc(-c3nc(-c4cc(-c5ccccc5)cc(-c5ccc(-c6ccc(C78CC9CC(CC(C9)C7)C8)cc6)cc5)c4)nc(-c4cccc5oc6ccccc6c45)n3)cc21. The first-order chi connectivity index (χ1) is 33.3. The second-order valence-corrected chi connectivity index (χ2v) is 21.0. The number of fused-ring (bicyclic) bond motifs is 6. The van der Waals surface area contributed by atoms with Crippen LogP contribution in [0.5, 0.6) is 0 Å². The molecule has 0 unspecified atom stereocenters. The largest absolute Gasteiger partial charge is 0.456 e. The van der Waals surface area contributed by atoms with Crippen molar-refractivity contribution in [2.75, 3.05) is 0 Å². The number of para-hydroxylation sites is 1. The molecule has 4 nitrogen and oxygen atoms in total. The Morgan fingerprint density at radius 1 is 0.397 bits per heavy atom. The van der Waals surface area contributed by atoms with Crippen LogP contribution in [-0.2, 0) is 10.8 Å². The van der Waals surface area contributed by atoms with E-state index in [-0.39, 0.29) is 5.41 Å². The molecule has 5 aliphatic carbocycles. The Hall–Kier alpha value is -7.43. The van der Waals surface area contributed by atoms with Gasteiger partial charge in [-0.15, -0.1) is 0 Å². The number of rotatable bonds is 7. The molecule has 10 aromatic rings. The van der Waals surface area contributed by atoms with Crippen LogP contribution in [0.25, 0.3) is 101 Å². The molecule has 328 valence electrons. The first-order valence-corrected chi connectivity index (χ1v) is 24.7. The average molecular weight is 878 g/mol. The minimum Gasteiger partial charge on any atom is -0.456 e. The smallest absolute Gasteiger partial charge is 0.164 e. The van der Waals surface area contributed by atoms with Crippen LogP contribution >= 0.6 is 0 Å². The molecule has 0 N–H and O–H groups in total. The molecule has 68 heavy (non-hydrogen) atoms. The topological polar surface area (TPSA) is 51.8 Å². The summed E-state index contributed by atoms with van der Waals surface area (Å²) in [5, 5.41) is 2.03. The third-order valence-electron chi connectivity index (χ3n) is 16.5. The van der Waals surface area contributed by atoms with Gasteiger partial charge in [-0.05, 0) is 159 Å². The highest BCUT2D eigenvalue weighted by atomic mass is 16.3. The van der Waals surface area contributed by atoms with Gasteiger partial charge in [0.15, 0.2) is 17.5 Å². The Balaban J connectivity index is 0.891. The van der Waals surface area contributed by atoms with Crippen molar-refractivity contribution in [2.45, 2.75) is 63.2 Å². The predicted octanol–water partition coefficient (Wildman–Crippen LogP) is 16.5. The molecule has 4 bridgehead atoms. The van der Waals surface area contributed by atoms with Crippen LogP contribution in [0.4, 0.5) is 0 Å². The second-order valence-electron chi connectivity index (χ2n) is 21.0. The molecule has 4 fully saturated rings. The minimum absolute atomic E-state index is 0.173. The zero-order valence-electron chi connectivity index (χ0n) is 38.5. The van der Waals surface area contributed by atoms with Crippen molar-refractivity contribution in [3.63, 3.8) is 0 Å². The molecule has 0 radical (unpaired) electrons. The van der Waals surface area contributed by atoms with Crippen LogP contribution in [0.1, 0.15) is 69.1 Å². The highest BCUT2D eigenvalue weighted by Crippen LogP contribution is 2.61. The predicted molar refractivity (Wildman–Crippen MR) is 277 cm³/mol. The molecule has 2 heterocycles. The zero-order valence-corrected chi connectivity index (χ0v) is 38.5. The number of hydrogen-bond acceptors (Lipinski definition) is 4. The van der Waals surface area contributed by atoms with E-state index in [9.17, 15) is 0 Å². The summed E-state index contributed by atoms with van der Waals surface area (Å²) in [6.45, 7) is 4.64. The summed E-state index contributed by atoms with van der Waals surface area (Å²) in [6, 6.07) is 66.1. The van der Waals surface area contributed by atoms with E-state index in [0.717, 1.165) is 78.6 Å². The van der Waals surface area contributed by atoms with Gasteiger partial charge in [-0.1, -0.05) is 159 Å². The maximum Gasteiger partial charge on any atom is 0.164 e. The Kier molecular flexibility index (Phi) is 8.78. The second kappa shape index (κ2) is 15.0. The van der Waals surface area contributed by atoms with Gasteiger partial charge in [0.2, 0.25) is 0 Å². The fraction of sp³-hybridized carbons (Fsp3) is 0.203. The number of nitrogens with zero attached hydrogens (tertiary/aromatic N) is 3. The monoisotopic (exact) mass is 877 g/mol. The summed E-state index contributed by atoms with van der Waals surface area (Å²) in [4.78, 5) is 16.1. The van der Waals surface area contributed by atoms with Crippen molar-refractivity contribution in [2.24, 2.45) is 17.8 Å². The van der Waals surface area contributed by atoms with Gasteiger partial charge in [0.25, 0.3) is 0 Å². The lowest BCUT2D eigenvalue weighted by Gasteiger charge is -2.57. The molecule has 0 aliphatic heterocycles. The third-order valence-corrected chi connectivity index (χ3v) is 16.5. The fourth-order valence-electron chi connectivity index (χ4n) is 13.6. The van der Waals surface area contributed by atoms with E-state index in [1.807, 2.05) is 24.3 Å². The highest BCUT2D eigenvalue weighted by Gasteiger charge is 2.51. The van der Waals surface area contributed by atoms with Gasteiger partial charge < -0.3 is 4.42 Å². The van der Waals surface area contributed by atoms with Gasteiger partial charge in [-0.3, -0.25) is 0 Å². The molecule has 5 aliphatic rings. The van der Waals surface area contributed by atoms with Crippen molar-refractivity contribution >= 4 is 21.9 Å². The van der Waals surface area contributed by atoms with Crippen LogP contribution in [-0.4, -0.2) is 15.0 Å². The van der Waals surface area contributed by atoms with Crippen LogP contribution in [0.3, 0.4) is 0 Å². The van der Waals surface area contributed by atoms with E-state index >= 15 is 0 Å². The van der Waals surface area contributed by atoms with Crippen molar-refractivity contribution in [3.8, 4) is 78.7 Å². The molecule has 4 saturated carbocycles. The normalized spacial score (nSPS) is 20.8. The van der Waals surface area contributed by atoms with Crippen molar-refractivity contribution in [3.05, 3.63) is 199 Å². The maximum absolute atomic E-state index is 6.39. The molecule has 0 spiro atoms. The average Bonchev–Trinajstić information content (AvgIpc) is 3.87. The van der Waals surface area contributed by atoms with Gasteiger partial charge >= 0.3 is 0 Å².